The van der Waals surface area contributed by atoms with Crippen LogP contribution in [0.25, 0.3) is 6.08 Å². The van der Waals surface area contributed by atoms with Gasteiger partial charge in [0.2, 0.25) is 9.84 Å². The lowest BCUT2D eigenvalue weighted by Gasteiger charge is -2.00. The van der Waals surface area contributed by atoms with Crippen LogP contribution in [-0.2, 0) is 9.84 Å². The van der Waals surface area contributed by atoms with Crippen LogP contribution in [0.1, 0.15) is 11.3 Å². The summed E-state index contributed by atoms with van der Waals surface area (Å²) in [6.45, 7) is 1.70. The highest BCUT2D eigenvalue weighted by Gasteiger charge is 2.22. The molecule has 62 valence electrons. The molecule has 0 bridgehead atoms. The first kappa shape index (κ1) is 7.49. The standard InChI is InChI=1S/C8H7NO2S/c1-6-8-7(2-4-9-6)3-5-12(8,10)11/h2-5H,1H3. The molecular weight excluding hydrogens is 174 g/mol. The Morgan fingerprint density at radius 3 is 2.83 bits per heavy atom. The quantitative estimate of drug-likeness (QED) is 0.603. The summed E-state index contributed by atoms with van der Waals surface area (Å²) >= 11 is 0. The molecule has 0 fully saturated rings. The average Bonchev–Trinajstić information content (AvgIpc) is 2.29. The van der Waals surface area contributed by atoms with Crippen molar-refractivity contribution in [2.75, 3.05) is 0 Å². The molecule has 1 aliphatic heterocycles. The molecule has 4 heteroatoms. The van der Waals surface area contributed by atoms with Crippen LogP contribution >= 0.6 is 0 Å². The zero-order chi connectivity index (χ0) is 8.77. The summed E-state index contributed by atoms with van der Waals surface area (Å²) in [4.78, 5) is 4.28. The molecule has 2 heterocycles. The van der Waals surface area contributed by atoms with Crippen molar-refractivity contribution >= 4 is 15.9 Å². The van der Waals surface area contributed by atoms with Gasteiger partial charge in [-0.15, -0.1) is 0 Å². The number of aromatic nitrogens is 1. The van der Waals surface area contributed by atoms with E-state index in [9.17, 15) is 8.42 Å². The fraction of sp³-hybridized carbons (Fsp3) is 0.125. The Hall–Kier alpha value is -1.16. The number of pyridine rings is 1. The van der Waals surface area contributed by atoms with Gasteiger partial charge in [-0.25, -0.2) is 8.42 Å². The molecule has 0 N–H and O–H groups in total. The van der Waals surface area contributed by atoms with Crippen LogP contribution < -0.4 is 0 Å². The SMILES string of the molecule is Cc1nccc2c1S(=O)(=O)C=C2. The highest BCUT2D eigenvalue weighted by molar-refractivity contribution is 7.94. The monoisotopic (exact) mass is 181 g/mol. The van der Waals surface area contributed by atoms with Gasteiger partial charge in [-0.2, -0.15) is 0 Å². The van der Waals surface area contributed by atoms with Crippen molar-refractivity contribution in [1.29, 1.82) is 0 Å². The fourth-order valence-corrected chi connectivity index (χ4v) is 2.70. The minimum absolute atomic E-state index is 0.352. The van der Waals surface area contributed by atoms with Gasteiger partial charge in [0.15, 0.2) is 0 Å². The molecule has 0 aromatic carbocycles. The van der Waals surface area contributed by atoms with Crippen molar-refractivity contribution in [2.45, 2.75) is 11.8 Å². The van der Waals surface area contributed by atoms with E-state index in [0.29, 0.717) is 10.6 Å². The first-order chi connectivity index (χ1) is 5.61. The minimum atomic E-state index is -3.18. The predicted octanol–water partition coefficient (Wildman–Crippen LogP) is 1.15. The van der Waals surface area contributed by atoms with E-state index in [1.165, 1.54) is 5.41 Å². The second-order valence-electron chi connectivity index (χ2n) is 2.66. The van der Waals surface area contributed by atoms with E-state index in [4.69, 9.17) is 0 Å². The molecule has 1 aromatic rings. The van der Waals surface area contributed by atoms with Gasteiger partial charge in [-0.3, -0.25) is 4.98 Å². The molecule has 3 nitrogen and oxygen atoms in total. The molecule has 1 aliphatic rings. The van der Waals surface area contributed by atoms with Crippen molar-refractivity contribution in [3.63, 3.8) is 0 Å². The van der Waals surface area contributed by atoms with E-state index in [0.717, 1.165) is 5.56 Å². The highest BCUT2D eigenvalue weighted by atomic mass is 32.2. The molecule has 0 amide bonds. The highest BCUT2D eigenvalue weighted by Crippen LogP contribution is 2.27. The van der Waals surface area contributed by atoms with Crippen molar-refractivity contribution in [1.82, 2.24) is 4.98 Å². The maximum absolute atomic E-state index is 11.3. The Morgan fingerprint density at radius 1 is 1.42 bits per heavy atom. The molecule has 0 atom stereocenters. The molecule has 0 unspecified atom stereocenters. The van der Waals surface area contributed by atoms with Gasteiger partial charge >= 0.3 is 0 Å². The van der Waals surface area contributed by atoms with Crippen LogP contribution in [-0.4, -0.2) is 13.4 Å². The number of nitrogens with zero attached hydrogens (tertiary/aromatic N) is 1. The Labute approximate surface area is 70.7 Å². The van der Waals surface area contributed by atoms with Gasteiger partial charge in [0.05, 0.1) is 10.6 Å². The van der Waals surface area contributed by atoms with E-state index < -0.39 is 9.84 Å². The van der Waals surface area contributed by atoms with Gasteiger partial charge in [0.25, 0.3) is 0 Å². The molecule has 2 rings (SSSR count). The molecule has 1 aromatic heterocycles. The maximum Gasteiger partial charge on any atom is 0.202 e. The van der Waals surface area contributed by atoms with Crippen molar-refractivity contribution in [2.24, 2.45) is 0 Å². The Bertz CT molecular complexity index is 460. The third-order valence-electron chi connectivity index (χ3n) is 1.82. The lowest BCUT2D eigenvalue weighted by Crippen LogP contribution is -1.98. The van der Waals surface area contributed by atoms with Gasteiger partial charge in [0, 0.05) is 11.6 Å². The summed E-state index contributed by atoms with van der Waals surface area (Å²) in [6.07, 6.45) is 3.21. The van der Waals surface area contributed by atoms with E-state index in [-0.39, 0.29) is 0 Å². The largest absolute Gasteiger partial charge is 0.260 e. The van der Waals surface area contributed by atoms with E-state index >= 15 is 0 Å². The van der Waals surface area contributed by atoms with Crippen LogP contribution in [0, 0.1) is 6.92 Å². The molecule has 0 aliphatic carbocycles. The van der Waals surface area contributed by atoms with Crippen LogP contribution in [0.4, 0.5) is 0 Å². The Morgan fingerprint density at radius 2 is 2.17 bits per heavy atom. The zero-order valence-corrected chi connectivity index (χ0v) is 7.30. The normalized spacial score (nSPS) is 17.8. The maximum atomic E-state index is 11.3. The van der Waals surface area contributed by atoms with Crippen molar-refractivity contribution in [3.05, 3.63) is 28.9 Å². The van der Waals surface area contributed by atoms with Gasteiger partial charge < -0.3 is 0 Å². The van der Waals surface area contributed by atoms with Crippen LogP contribution in [0.5, 0.6) is 0 Å². The first-order valence-corrected chi connectivity index (χ1v) is 5.05. The Kier molecular flexibility index (Phi) is 1.35. The predicted molar refractivity (Wildman–Crippen MR) is 45.2 cm³/mol. The lowest BCUT2D eigenvalue weighted by atomic mass is 10.2. The number of hydrogen-bond donors (Lipinski definition) is 0. The van der Waals surface area contributed by atoms with Crippen LogP contribution in [0.3, 0.4) is 0 Å². The van der Waals surface area contributed by atoms with Crippen molar-refractivity contribution in [3.8, 4) is 0 Å². The number of rotatable bonds is 0. The van der Waals surface area contributed by atoms with Crippen molar-refractivity contribution < 1.29 is 8.42 Å². The van der Waals surface area contributed by atoms with Crippen LogP contribution in [0.15, 0.2) is 22.6 Å². The van der Waals surface area contributed by atoms with Gasteiger partial charge in [-0.1, -0.05) is 0 Å². The number of aryl methyl sites for hydroxylation is 1. The summed E-state index contributed by atoms with van der Waals surface area (Å²) in [6, 6.07) is 1.70. The summed E-state index contributed by atoms with van der Waals surface area (Å²) in [5, 5.41) is 1.21. The second kappa shape index (κ2) is 2.17. The summed E-state index contributed by atoms with van der Waals surface area (Å²) < 4.78 is 22.7. The molecule has 0 spiro atoms. The smallest absolute Gasteiger partial charge is 0.202 e. The number of hydrogen-bond acceptors (Lipinski definition) is 3. The second-order valence-corrected chi connectivity index (χ2v) is 4.43. The third kappa shape index (κ3) is 0.881. The summed E-state index contributed by atoms with van der Waals surface area (Å²) in [5.74, 6) is 0. The number of fused-ring (bicyclic) bond motifs is 1. The first-order valence-electron chi connectivity index (χ1n) is 3.50. The third-order valence-corrected chi connectivity index (χ3v) is 3.42. The average molecular weight is 181 g/mol. The summed E-state index contributed by atoms with van der Waals surface area (Å²) in [5.41, 5.74) is 1.31. The lowest BCUT2D eigenvalue weighted by molar-refractivity contribution is 0.604. The fourth-order valence-electron chi connectivity index (χ4n) is 1.30. The Balaban J connectivity index is 2.88. The van der Waals surface area contributed by atoms with Gasteiger partial charge in [-0.05, 0) is 24.6 Å². The summed E-state index contributed by atoms with van der Waals surface area (Å²) in [7, 11) is -3.18. The number of sulfone groups is 1. The van der Waals surface area contributed by atoms with E-state index in [1.54, 1.807) is 25.3 Å². The van der Waals surface area contributed by atoms with E-state index in [2.05, 4.69) is 4.98 Å². The van der Waals surface area contributed by atoms with Gasteiger partial charge in [0.1, 0.15) is 0 Å². The molecule has 0 saturated carbocycles. The molecular formula is C8H7NO2S. The molecule has 0 saturated heterocycles. The van der Waals surface area contributed by atoms with Crippen LogP contribution in [0.2, 0.25) is 0 Å². The molecule has 12 heavy (non-hydrogen) atoms. The zero-order valence-electron chi connectivity index (χ0n) is 6.48. The topological polar surface area (TPSA) is 47.0 Å². The minimum Gasteiger partial charge on any atom is -0.260 e. The molecule has 0 radical (unpaired) electrons. The van der Waals surface area contributed by atoms with E-state index in [1.807, 2.05) is 0 Å².